The van der Waals surface area contributed by atoms with Crippen LogP contribution in [0.4, 0.5) is 13.2 Å². The van der Waals surface area contributed by atoms with Crippen LogP contribution < -0.4 is 9.47 Å². The summed E-state index contributed by atoms with van der Waals surface area (Å²) in [6, 6.07) is 15.9. The van der Waals surface area contributed by atoms with Crippen LogP contribution in [-0.2, 0) is 12.7 Å². The molecule has 31 heavy (non-hydrogen) atoms. The Morgan fingerprint density at radius 2 is 1.61 bits per heavy atom. The molecule has 1 aromatic heterocycles. The van der Waals surface area contributed by atoms with Crippen LogP contribution in [0.15, 0.2) is 66.9 Å². The average Bonchev–Trinajstić information content (AvgIpc) is 2.75. The molecule has 5 nitrogen and oxygen atoms in total. The molecule has 0 aliphatic heterocycles. The first-order valence-corrected chi connectivity index (χ1v) is 9.54. The number of aromatic nitrogens is 1. The molecule has 0 N–H and O–H groups in total. The van der Waals surface area contributed by atoms with E-state index in [1.54, 1.807) is 36.2 Å². The molecule has 8 heteroatoms. The summed E-state index contributed by atoms with van der Waals surface area (Å²) in [4.78, 5) is 17.9. The van der Waals surface area contributed by atoms with E-state index in [1.165, 1.54) is 0 Å². The number of halogens is 3. The minimum atomic E-state index is -4.45. The predicted octanol–water partition coefficient (Wildman–Crippen LogP) is 5.56. The molecule has 3 rings (SSSR count). The molecule has 0 saturated carbocycles. The molecular weight excluding hydrogens is 409 g/mol. The third-order valence-electron chi connectivity index (χ3n) is 4.39. The Kier molecular flexibility index (Phi) is 6.79. The van der Waals surface area contributed by atoms with E-state index in [4.69, 9.17) is 9.47 Å². The fourth-order valence-corrected chi connectivity index (χ4v) is 2.82. The van der Waals surface area contributed by atoms with Crippen molar-refractivity contribution in [2.45, 2.75) is 19.6 Å². The molecule has 0 saturated heterocycles. The van der Waals surface area contributed by atoms with Crippen molar-refractivity contribution in [3.63, 3.8) is 0 Å². The van der Waals surface area contributed by atoms with Gasteiger partial charge in [-0.3, -0.25) is 4.79 Å². The smallest absolute Gasteiger partial charge is 0.417 e. The van der Waals surface area contributed by atoms with E-state index in [1.807, 2.05) is 31.2 Å². The second-order valence-electron chi connectivity index (χ2n) is 6.75. The van der Waals surface area contributed by atoms with E-state index in [0.29, 0.717) is 30.7 Å². The van der Waals surface area contributed by atoms with Gasteiger partial charge in [0.1, 0.15) is 11.5 Å². The molecule has 0 radical (unpaired) electrons. The molecule has 3 aromatic rings. The average molecular weight is 430 g/mol. The second-order valence-corrected chi connectivity index (χ2v) is 6.75. The zero-order chi connectivity index (χ0) is 22.4. The fourth-order valence-electron chi connectivity index (χ4n) is 2.82. The van der Waals surface area contributed by atoms with Crippen molar-refractivity contribution in [1.82, 2.24) is 9.88 Å². The third-order valence-corrected chi connectivity index (χ3v) is 4.39. The molecule has 0 spiro atoms. The summed E-state index contributed by atoms with van der Waals surface area (Å²) in [6.45, 7) is 2.93. The van der Waals surface area contributed by atoms with E-state index in [9.17, 15) is 18.0 Å². The van der Waals surface area contributed by atoms with Gasteiger partial charge in [0.05, 0.1) is 12.2 Å². The van der Waals surface area contributed by atoms with Crippen molar-refractivity contribution in [2.75, 3.05) is 13.7 Å². The first-order chi connectivity index (χ1) is 14.8. The standard InChI is InChI=1S/C23H21F3N2O3/c1-3-30-19-9-4-16(5-10-19)15-28(2)22(29)17-6-11-20(12-7-17)31-21-13-8-18(14-27-21)23(24,25)26/h4-14H,3,15H2,1-2H3. The Bertz CT molecular complexity index is 1000. The van der Waals surface area contributed by atoms with Gasteiger partial charge in [0, 0.05) is 31.4 Å². The number of ether oxygens (including phenoxy) is 2. The minimum absolute atomic E-state index is 0.0275. The number of benzene rings is 2. The number of nitrogens with zero attached hydrogens (tertiary/aromatic N) is 2. The molecule has 0 unspecified atom stereocenters. The maximum atomic E-state index is 12.7. The van der Waals surface area contributed by atoms with E-state index >= 15 is 0 Å². The number of rotatable bonds is 7. The summed E-state index contributed by atoms with van der Waals surface area (Å²) < 4.78 is 48.7. The molecular formula is C23H21F3N2O3. The van der Waals surface area contributed by atoms with Gasteiger partial charge in [0.15, 0.2) is 0 Å². The monoisotopic (exact) mass is 430 g/mol. The highest BCUT2D eigenvalue weighted by atomic mass is 19.4. The van der Waals surface area contributed by atoms with Crippen LogP contribution >= 0.6 is 0 Å². The second kappa shape index (κ2) is 9.51. The summed E-state index contributed by atoms with van der Waals surface area (Å²) in [5, 5.41) is 0. The Hall–Kier alpha value is -3.55. The van der Waals surface area contributed by atoms with Crippen molar-refractivity contribution in [3.05, 3.63) is 83.6 Å². The van der Waals surface area contributed by atoms with E-state index in [-0.39, 0.29) is 11.8 Å². The van der Waals surface area contributed by atoms with Gasteiger partial charge in [-0.2, -0.15) is 13.2 Å². The van der Waals surface area contributed by atoms with Crippen molar-refractivity contribution in [2.24, 2.45) is 0 Å². The quantitative estimate of drug-likeness (QED) is 0.492. The van der Waals surface area contributed by atoms with Gasteiger partial charge in [-0.05, 0) is 55.0 Å². The number of amides is 1. The summed E-state index contributed by atoms with van der Waals surface area (Å²) >= 11 is 0. The van der Waals surface area contributed by atoms with Gasteiger partial charge in [-0.15, -0.1) is 0 Å². The van der Waals surface area contributed by atoms with Crippen LogP contribution in [0.25, 0.3) is 0 Å². The largest absolute Gasteiger partial charge is 0.494 e. The Labute approximate surface area is 178 Å². The predicted molar refractivity (Wildman–Crippen MR) is 109 cm³/mol. The van der Waals surface area contributed by atoms with Gasteiger partial charge in [-0.25, -0.2) is 4.98 Å². The zero-order valence-corrected chi connectivity index (χ0v) is 17.0. The number of carbonyl (C=O) groups excluding carboxylic acids is 1. The van der Waals surface area contributed by atoms with Gasteiger partial charge < -0.3 is 14.4 Å². The molecule has 2 aromatic carbocycles. The normalized spacial score (nSPS) is 11.1. The van der Waals surface area contributed by atoms with Gasteiger partial charge >= 0.3 is 6.18 Å². The number of pyridine rings is 1. The number of carbonyl (C=O) groups is 1. The highest BCUT2D eigenvalue weighted by Gasteiger charge is 2.30. The van der Waals surface area contributed by atoms with Crippen LogP contribution in [0.5, 0.6) is 17.4 Å². The van der Waals surface area contributed by atoms with Crippen molar-refractivity contribution < 1.29 is 27.4 Å². The maximum absolute atomic E-state index is 12.7. The molecule has 0 bridgehead atoms. The summed E-state index contributed by atoms with van der Waals surface area (Å²) in [7, 11) is 1.70. The number of hydrogen-bond acceptors (Lipinski definition) is 4. The van der Waals surface area contributed by atoms with E-state index in [0.717, 1.165) is 23.4 Å². The van der Waals surface area contributed by atoms with Crippen molar-refractivity contribution in [1.29, 1.82) is 0 Å². The van der Waals surface area contributed by atoms with Crippen LogP contribution in [0.1, 0.15) is 28.4 Å². The molecule has 1 heterocycles. The van der Waals surface area contributed by atoms with E-state index < -0.39 is 11.7 Å². The van der Waals surface area contributed by atoms with Crippen molar-refractivity contribution in [3.8, 4) is 17.4 Å². The van der Waals surface area contributed by atoms with Gasteiger partial charge in [-0.1, -0.05) is 12.1 Å². The number of hydrogen-bond donors (Lipinski definition) is 0. The molecule has 162 valence electrons. The first-order valence-electron chi connectivity index (χ1n) is 9.54. The highest BCUT2D eigenvalue weighted by Crippen LogP contribution is 2.30. The minimum Gasteiger partial charge on any atom is -0.494 e. The molecule has 0 aliphatic carbocycles. The van der Waals surface area contributed by atoms with Crippen LogP contribution in [0.3, 0.4) is 0 Å². The third kappa shape index (κ3) is 5.97. The lowest BCUT2D eigenvalue weighted by Gasteiger charge is -2.18. The molecule has 1 amide bonds. The Morgan fingerprint density at radius 3 is 2.16 bits per heavy atom. The molecule has 0 fully saturated rings. The zero-order valence-electron chi connectivity index (χ0n) is 17.0. The van der Waals surface area contributed by atoms with E-state index in [2.05, 4.69) is 4.98 Å². The SMILES string of the molecule is CCOc1ccc(CN(C)C(=O)c2ccc(Oc3ccc(C(F)(F)F)cn3)cc2)cc1. The Morgan fingerprint density at radius 1 is 0.968 bits per heavy atom. The van der Waals surface area contributed by atoms with Crippen molar-refractivity contribution >= 4 is 5.91 Å². The summed E-state index contributed by atoms with van der Waals surface area (Å²) in [6.07, 6.45) is -3.74. The maximum Gasteiger partial charge on any atom is 0.417 e. The summed E-state index contributed by atoms with van der Waals surface area (Å²) in [5.74, 6) is 0.990. The topological polar surface area (TPSA) is 51.7 Å². The van der Waals surface area contributed by atoms with Crippen LogP contribution in [-0.4, -0.2) is 29.4 Å². The van der Waals surface area contributed by atoms with Crippen LogP contribution in [0, 0.1) is 0 Å². The number of alkyl halides is 3. The van der Waals surface area contributed by atoms with Gasteiger partial charge in [0.2, 0.25) is 5.88 Å². The lowest BCUT2D eigenvalue weighted by Crippen LogP contribution is -2.26. The van der Waals surface area contributed by atoms with Crippen LogP contribution in [0.2, 0.25) is 0 Å². The summed E-state index contributed by atoms with van der Waals surface area (Å²) in [5.41, 5.74) is 0.574. The Balaban J connectivity index is 1.60. The highest BCUT2D eigenvalue weighted by molar-refractivity contribution is 5.94. The molecule has 0 atom stereocenters. The van der Waals surface area contributed by atoms with Gasteiger partial charge in [0.25, 0.3) is 5.91 Å². The first kappa shape index (κ1) is 22.1. The lowest BCUT2D eigenvalue weighted by molar-refractivity contribution is -0.137. The molecule has 0 aliphatic rings. The fraction of sp³-hybridized carbons (Fsp3) is 0.217. The lowest BCUT2D eigenvalue weighted by atomic mass is 10.1.